The lowest BCUT2D eigenvalue weighted by Crippen LogP contribution is -2.13. The number of nitrogens with zero attached hydrogens (tertiary/aromatic N) is 1. The molecule has 4 rings (SSSR count). The van der Waals surface area contributed by atoms with E-state index in [1.165, 1.54) is 10.9 Å². The van der Waals surface area contributed by atoms with Crippen molar-refractivity contribution >= 4 is 34.1 Å². The largest absolute Gasteiger partial charge is 0.396 e. The molecule has 1 amide bonds. The maximum Gasteiger partial charge on any atom is 0.256 e. The van der Waals surface area contributed by atoms with Crippen LogP contribution in [0.1, 0.15) is 28.8 Å². The molecular formula is C24H27N3O2. The summed E-state index contributed by atoms with van der Waals surface area (Å²) in [5.74, 6) is -0.0942. The van der Waals surface area contributed by atoms with E-state index >= 15 is 0 Å². The summed E-state index contributed by atoms with van der Waals surface area (Å²) in [4.78, 5) is 18.5. The highest BCUT2D eigenvalue weighted by Gasteiger charge is 2.27. The number of amides is 1. The van der Waals surface area contributed by atoms with Crippen molar-refractivity contribution in [2.45, 2.75) is 19.3 Å². The maximum atomic E-state index is 12.8. The second kappa shape index (κ2) is 8.23. The highest BCUT2D eigenvalue weighted by Crippen LogP contribution is 2.37. The number of benzene rings is 2. The number of anilines is 1. The highest BCUT2D eigenvalue weighted by atomic mass is 16.3. The molecule has 5 heteroatoms. The zero-order chi connectivity index (χ0) is 20.4. The first-order chi connectivity index (χ1) is 14.1. The van der Waals surface area contributed by atoms with E-state index in [1.54, 1.807) is 0 Å². The third-order valence-corrected chi connectivity index (χ3v) is 5.46. The van der Waals surface area contributed by atoms with E-state index in [-0.39, 0.29) is 12.5 Å². The molecule has 150 valence electrons. The monoisotopic (exact) mass is 389 g/mol. The Morgan fingerprint density at radius 2 is 1.90 bits per heavy atom. The number of H-pyrrole nitrogens is 1. The van der Waals surface area contributed by atoms with Gasteiger partial charge < -0.3 is 20.3 Å². The predicted octanol–water partition coefficient (Wildman–Crippen LogP) is 3.69. The number of hydrogen-bond donors (Lipinski definition) is 3. The van der Waals surface area contributed by atoms with Gasteiger partial charge in [0.2, 0.25) is 0 Å². The van der Waals surface area contributed by atoms with Gasteiger partial charge in [-0.25, -0.2) is 0 Å². The molecule has 0 atom stereocenters. The summed E-state index contributed by atoms with van der Waals surface area (Å²) in [6.07, 6.45) is 4.49. The molecular weight excluding hydrogens is 362 g/mol. The van der Waals surface area contributed by atoms with Crippen molar-refractivity contribution in [3.05, 3.63) is 64.8 Å². The Labute approximate surface area is 171 Å². The summed E-state index contributed by atoms with van der Waals surface area (Å²) in [7, 11) is 4.17. The number of hydrogen-bond acceptors (Lipinski definition) is 3. The fourth-order valence-corrected chi connectivity index (χ4v) is 4.12. The molecule has 1 aromatic heterocycles. The minimum Gasteiger partial charge on any atom is -0.396 e. The van der Waals surface area contributed by atoms with Crippen LogP contribution in [0.3, 0.4) is 0 Å². The number of aliphatic hydroxyl groups is 1. The van der Waals surface area contributed by atoms with E-state index < -0.39 is 0 Å². The van der Waals surface area contributed by atoms with Crippen LogP contribution < -0.4 is 5.32 Å². The number of rotatable bonds is 7. The number of aromatic nitrogens is 1. The molecule has 3 N–H and O–H groups in total. The fraction of sp³-hybridized carbons (Fsp3) is 0.292. The first-order valence-electron chi connectivity index (χ1n) is 10.1. The van der Waals surface area contributed by atoms with Crippen molar-refractivity contribution in [2.24, 2.45) is 0 Å². The predicted molar refractivity (Wildman–Crippen MR) is 119 cm³/mol. The van der Waals surface area contributed by atoms with Gasteiger partial charge in [-0.2, -0.15) is 0 Å². The summed E-state index contributed by atoms with van der Waals surface area (Å²) in [6, 6.07) is 14.1. The molecule has 0 saturated heterocycles. The van der Waals surface area contributed by atoms with Crippen LogP contribution in [-0.4, -0.2) is 48.1 Å². The van der Waals surface area contributed by atoms with E-state index in [9.17, 15) is 9.90 Å². The second-order valence-electron chi connectivity index (χ2n) is 7.80. The molecule has 29 heavy (non-hydrogen) atoms. The lowest BCUT2D eigenvalue weighted by atomic mass is 9.96. The Morgan fingerprint density at radius 3 is 2.69 bits per heavy atom. The topological polar surface area (TPSA) is 68.4 Å². The zero-order valence-electron chi connectivity index (χ0n) is 17.0. The van der Waals surface area contributed by atoms with E-state index in [0.29, 0.717) is 12.0 Å². The lowest BCUT2D eigenvalue weighted by molar-refractivity contribution is -0.110. The van der Waals surface area contributed by atoms with Crippen molar-refractivity contribution in [2.75, 3.05) is 32.6 Å². The van der Waals surface area contributed by atoms with Crippen LogP contribution in [0.25, 0.3) is 22.6 Å². The number of carbonyl (C=O) groups excluding carboxylic acids is 1. The van der Waals surface area contributed by atoms with Crippen LogP contribution in [0.4, 0.5) is 5.69 Å². The number of fused-ring (bicyclic) bond motifs is 2. The minimum atomic E-state index is -0.0942. The molecule has 0 bridgehead atoms. The Hall–Kier alpha value is -2.89. The van der Waals surface area contributed by atoms with Gasteiger partial charge in [0.15, 0.2) is 0 Å². The van der Waals surface area contributed by atoms with Gasteiger partial charge in [-0.15, -0.1) is 0 Å². The molecule has 0 saturated carbocycles. The number of aryl methyl sites for hydroxylation is 1. The number of aliphatic hydroxyl groups excluding tert-OH is 1. The van der Waals surface area contributed by atoms with E-state index in [2.05, 4.69) is 47.5 Å². The van der Waals surface area contributed by atoms with Crippen molar-refractivity contribution in [3.63, 3.8) is 0 Å². The molecule has 1 aliphatic heterocycles. The summed E-state index contributed by atoms with van der Waals surface area (Å²) in [5, 5.41) is 13.6. The number of carbonyl (C=O) groups is 1. The molecule has 0 radical (unpaired) electrons. The fourth-order valence-electron chi connectivity index (χ4n) is 4.12. The summed E-state index contributed by atoms with van der Waals surface area (Å²) < 4.78 is 0. The molecule has 0 unspecified atom stereocenters. The molecule has 0 spiro atoms. The van der Waals surface area contributed by atoms with Gasteiger partial charge in [0.05, 0.1) is 5.57 Å². The Balaban J connectivity index is 1.80. The highest BCUT2D eigenvalue weighted by molar-refractivity contribution is 6.35. The molecule has 0 aliphatic carbocycles. The average Bonchev–Trinajstić information content (AvgIpc) is 3.20. The molecule has 2 heterocycles. The maximum absolute atomic E-state index is 12.8. The zero-order valence-corrected chi connectivity index (χ0v) is 17.0. The first-order valence-corrected chi connectivity index (χ1v) is 10.1. The standard InChI is InChI=1S/C24H27N3O2/c1-27(2)13-6-9-18-17-8-3-4-10-20(17)25-22(18)15-19-23-16(12-14-28)7-5-11-21(23)26-24(19)29/h3-5,7-8,10-11,15,25,28H,6,9,12-14H2,1-2H3,(H,26,29)/b19-15+. The Kier molecular flexibility index (Phi) is 5.51. The quantitative estimate of drug-likeness (QED) is 0.540. The molecule has 1 aliphatic rings. The van der Waals surface area contributed by atoms with Crippen LogP contribution in [-0.2, 0) is 17.6 Å². The van der Waals surface area contributed by atoms with E-state index in [0.717, 1.165) is 47.4 Å². The third-order valence-electron chi connectivity index (χ3n) is 5.46. The average molecular weight is 389 g/mol. The molecule has 2 aromatic carbocycles. The van der Waals surface area contributed by atoms with Crippen molar-refractivity contribution < 1.29 is 9.90 Å². The van der Waals surface area contributed by atoms with Crippen molar-refractivity contribution in [3.8, 4) is 0 Å². The van der Waals surface area contributed by atoms with E-state index in [4.69, 9.17) is 0 Å². The summed E-state index contributed by atoms with van der Waals surface area (Å²) in [5.41, 5.74) is 6.69. The number of para-hydroxylation sites is 1. The third kappa shape index (κ3) is 3.84. The van der Waals surface area contributed by atoms with Gasteiger partial charge in [-0.3, -0.25) is 4.79 Å². The molecule has 5 nitrogen and oxygen atoms in total. The van der Waals surface area contributed by atoms with Crippen LogP contribution in [0.15, 0.2) is 42.5 Å². The van der Waals surface area contributed by atoms with Gasteiger partial charge in [-0.05, 0) is 69.2 Å². The van der Waals surface area contributed by atoms with E-state index in [1.807, 2.05) is 30.3 Å². The molecule has 3 aromatic rings. The van der Waals surface area contributed by atoms with Gasteiger partial charge in [0, 0.05) is 34.5 Å². The Bertz CT molecular complexity index is 1080. The normalized spacial score (nSPS) is 14.8. The number of nitrogens with one attached hydrogen (secondary N) is 2. The van der Waals surface area contributed by atoms with Crippen molar-refractivity contribution in [1.82, 2.24) is 9.88 Å². The number of aromatic amines is 1. The van der Waals surface area contributed by atoms with Crippen LogP contribution in [0.2, 0.25) is 0 Å². The van der Waals surface area contributed by atoms with Gasteiger partial charge in [-0.1, -0.05) is 30.3 Å². The minimum absolute atomic E-state index is 0.0557. The van der Waals surface area contributed by atoms with Gasteiger partial charge >= 0.3 is 0 Å². The summed E-state index contributed by atoms with van der Waals surface area (Å²) >= 11 is 0. The second-order valence-corrected chi connectivity index (χ2v) is 7.80. The van der Waals surface area contributed by atoms with Gasteiger partial charge in [0.1, 0.15) is 0 Å². The summed E-state index contributed by atoms with van der Waals surface area (Å²) in [6.45, 7) is 1.07. The molecule has 0 fully saturated rings. The SMILES string of the molecule is CN(C)CCCc1c(/C=C2/C(=O)Nc3cccc(CCO)c32)[nH]c2ccccc12. The smallest absolute Gasteiger partial charge is 0.256 e. The van der Waals surface area contributed by atoms with Crippen molar-refractivity contribution in [1.29, 1.82) is 0 Å². The Morgan fingerprint density at radius 1 is 1.07 bits per heavy atom. The lowest BCUT2D eigenvalue weighted by Gasteiger charge is -2.10. The first kappa shape index (κ1) is 19.4. The van der Waals surface area contributed by atoms with Crippen LogP contribution in [0.5, 0.6) is 0 Å². The van der Waals surface area contributed by atoms with Crippen LogP contribution >= 0.6 is 0 Å². The van der Waals surface area contributed by atoms with Crippen LogP contribution in [0, 0.1) is 0 Å². The van der Waals surface area contributed by atoms with Gasteiger partial charge in [0.25, 0.3) is 5.91 Å².